The molecule has 26 heavy (non-hydrogen) atoms. The van der Waals surface area contributed by atoms with Crippen molar-refractivity contribution in [2.24, 2.45) is 0 Å². The van der Waals surface area contributed by atoms with Gasteiger partial charge in [-0.05, 0) is 58.8 Å². The summed E-state index contributed by atoms with van der Waals surface area (Å²) in [7, 11) is 0. The van der Waals surface area contributed by atoms with Crippen LogP contribution in [0.1, 0.15) is 88.5 Å². The highest BCUT2D eigenvalue weighted by molar-refractivity contribution is 9.10. The lowest BCUT2D eigenvalue weighted by Crippen LogP contribution is -2.19. The number of benzene rings is 1. The van der Waals surface area contributed by atoms with Gasteiger partial charge in [-0.2, -0.15) is 0 Å². The molecule has 1 N–H and O–H groups in total. The van der Waals surface area contributed by atoms with Gasteiger partial charge in [-0.1, -0.05) is 41.5 Å². The maximum absolute atomic E-state index is 13.2. The number of hydrogen-bond donors (Lipinski definition) is 1. The van der Waals surface area contributed by atoms with E-state index in [4.69, 9.17) is 0 Å². The van der Waals surface area contributed by atoms with Crippen LogP contribution in [-0.4, -0.2) is 15.5 Å². The summed E-state index contributed by atoms with van der Waals surface area (Å²) in [5, 5.41) is 10.8. The largest absolute Gasteiger partial charge is 0.507 e. The third kappa shape index (κ3) is 4.06. The van der Waals surface area contributed by atoms with E-state index in [1.54, 1.807) is 0 Å². The van der Waals surface area contributed by atoms with E-state index in [-0.39, 0.29) is 22.7 Å². The molecule has 0 aliphatic rings. The molecule has 0 radical (unpaired) electrons. The fourth-order valence-electron chi connectivity index (χ4n) is 3.05. The molecule has 0 unspecified atom stereocenters. The number of halogens is 1. The molecular weight excluding hydrogens is 390 g/mol. The molecule has 2 aromatic rings. The third-order valence-electron chi connectivity index (χ3n) is 4.61. The summed E-state index contributed by atoms with van der Waals surface area (Å²) >= 11 is 3.53. The second-order valence-electron chi connectivity index (χ2n) is 9.30. The van der Waals surface area contributed by atoms with Gasteiger partial charge in [-0.15, -0.1) is 0 Å². The molecule has 0 saturated heterocycles. The Hall–Kier alpha value is -1.55. The van der Waals surface area contributed by atoms with Crippen molar-refractivity contribution in [2.75, 3.05) is 0 Å². The van der Waals surface area contributed by atoms with Crippen LogP contribution < -0.4 is 0 Å². The Morgan fingerprint density at radius 2 is 1.42 bits per heavy atom. The third-order valence-corrected chi connectivity index (χ3v) is 5.24. The lowest BCUT2D eigenvalue weighted by Gasteiger charge is -2.28. The van der Waals surface area contributed by atoms with Crippen LogP contribution in [0.5, 0.6) is 5.75 Å². The van der Waals surface area contributed by atoms with Crippen molar-refractivity contribution in [3.63, 3.8) is 0 Å². The lowest BCUT2D eigenvalue weighted by atomic mass is 9.78. The van der Waals surface area contributed by atoms with E-state index in [1.807, 2.05) is 29.0 Å². The summed E-state index contributed by atoms with van der Waals surface area (Å²) in [6, 6.07) is 5.81. The van der Waals surface area contributed by atoms with Crippen molar-refractivity contribution < 1.29 is 9.90 Å². The van der Waals surface area contributed by atoms with Crippen LogP contribution in [0.4, 0.5) is 0 Å². The fourth-order valence-corrected chi connectivity index (χ4v) is 3.81. The monoisotopic (exact) mass is 419 g/mol. The molecule has 0 bridgehead atoms. The topological polar surface area (TPSA) is 42.2 Å². The number of carbonyl (C=O) groups excluding carboxylic acids is 1. The Morgan fingerprint density at radius 3 is 1.77 bits per heavy atom. The summed E-state index contributed by atoms with van der Waals surface area (Å²) in [6.45, 7) is 16.5. The molecule has 0 aliphatic heterocycles. The molecule has 1 aromatic carbocycles. The van der Waals surface area contributed by atoms with Crippen LogP contribution in [0.25, 0.3) is 0 Å². The van der Waals surface area contributed by atoms with Gasteiger partial charge in [0, 0.05) is 34.5 Å². The highest BCUT2D eigenvalue weighted by atomic mass is 79.9. The predicted molar refractivity (Wildman–Crippen MR) is 111 cm³/mol. The summed E-state index contributed by atoms with van der Waals surface area (Å²) in [4.78, 5) is 13.2. The van der Waals surface area contributed by atoms with E-state index in [9.17, 15) is 9.90 Å². The molecule has 0 saturated carbocycles. The van der Waals surface area contributed by atoms with E-state index >= 15 is 0 Å². The van der Waals surface area contributed by atoms with Gasteiger partial charge in [0.25, 0.3) is 0 Å². The Kier molecular flexibility index (Phi) is 5.49. The van der Waals surface area contributed by atoms with Crippen LogP contribution in [0.15, 0.2) is 29.0 Å². The van der Waals surface area contributed by atoms with E-state index in [2.05, 4.69) is 71.3 Å². The molecule has 0 fully saturated rings. The predicted octanol–water partition coefficient (Wildman–Crippen LogP) is 6.36. The molecule has 142 valence electrons. The molecule has 2 rings (SSSR count). The highest BCUT2D eigenvalue weighted by Gasteiger charge is 2.28. The van der Waals surface area contributed by atoms with Crippen LogP contribution in [0.3, 0.4) is 0 Å². The smallest absolute Gasteiger partial charge is 0.194 e. The summed E-state index contributed by atoms with van der Waals surface area (Å²) in [6.07, 6.45) is 1.89. The number of aromatic hydroxyl groups is 1. The van der Waals surface area contributed by atoms with E-state index < -0.39 is 0 Å². The lowest BCUT2D eigenvalue weighted by molar-refractivity contribution is 0.103. The van der Waals surface area contributed by atoms with Crippen LogP contribution in [0.2, 0.25) is 0 Å². The van der Waals surface area contributed by atoms with Crippen molar-refractivity contribution in [1.82, 2.24) is 4.57 Å². The molecule has 0 aliphatic carbocycles. The average Bonchev–Trinajstić information content (AvgIpc) is 2.86. The quantitative estimate of drug-likeness (QED) is 0.587. The number of nitrogens with zero attached hydrogens (tertiary/aromatic N) is 1. The summed E-state index contributed by atoms with van der Waals surface area (Å²) in [5.74, 6) is 0.267. The Labute approximate surface area is 165 Å². The number of aromatic nitrogens is 1. The number of phenols is 1. The average molecular weight is 420 g/mol. The number of hydrogen-bond acceptors (Lipinski definition) is 2. The molecule has 0 amide bonds. The molecule has 1 heterocycles. The van der Waals surface area contributed by atoms with Crippen molar-refractivity contribution in [2.45, 2.75) is 72.3 Å². The van der Waals surface area contributed by atoms with Gasteiger partial charge < -0.3 is 9.67 Å². The van der Waals surface area contributed by atoms with Gasteiger partial charge in [0.2, 0.25) is 0 Å². The normalized spacial score (nSPS) is 12.7. The standard InChI is InChI=1S/C22H30BrNO2/c1-13(2)24-12-15(11-18(24)23)19(25)14-9-16(21(3,4)5)20(26)17(10-14)22(6,7)8/h9-13,26H,1-8H3. The zero-order chi connectivity index (χ0) is 20.0. The Bertz CT molecular complexity index is 798. The maximum Gasteiger partial charge on any atom is 0.194 e. The summed E-state index contributed by atoms with van der Waals surface area (Å²) < 4.78 is 2.92. The van der Waals surface area contributed by atoms with Crippen LogP contribution in [0, 0.1) is 0 Å². The van der Waals surface area contributed by atoms with Gasteiger partial charge in [0.15, 0.2) is 5.78 Å². The Balaban J connectivity index is 2.66. The Morgan fingerprint density at radius 1 is 0.962 bits per heavy atom. The molecular formula is C22H30BrNO2. The summed E-state index contributed by atoms with van der Waals surface area (Å²) in [5.41, 5.74) is 2.35. The van der Waals surface area contributed by atoms with Gasteiger partial charge in [0.1, 0.15) is 5.75 Å². The molecule has 1 aromatic heterocycles. The number of phenolic OH excluding ortho intramolecular Hbond substituents is 1. The first kappa shape index (κ1) is 20.8. The van der Waals surface area contributed by atoms with E-state index in [0.717, 1.165) is 15.7 Å². The molecule has 4 heteroatoms. The van der Waals surface area contributed by atoms with E-state index in [0.29, 0.717) is 16.9 Å². The van der Waals surface area contributed by atoms with Gasteiger partial charge in [0.05, 0.1) is 4.60 Å². The first-order valence-electron chi connectivity index (χ1n) is 9.03. The fraction of sp³-hybridized carbons (Fsp3) is 0.500. The van der Waals surface area contributed by atoms with Crippen molar-refractivity contribution in [3.8, 4) is 5.75 Å². The van der Waals surface area contributed by atoms with Crippen LogP contribution >= 0.6 is 15.9 Å². The van der Waals surface area contributed by atoms with Crippen molar-refractivity contribution >= 4 is 21.7 Å². The maximum atomic E-state index is 13.2. The van der Waals surface area contributed by atoms with Crippen molar-refractivity contribution in [1.29, 1.82) is 0 Å². The van der Waals surface area contributed by atoms with Gasteiger partial charge in [-0.25, -0.2) is 0 Å². The number of rotatable bonds is 3. The second-order valence-corrected chi connectivity index (χ2v) is 10.1. The zero-order valence-electron chi connectivity index (χ0n) is 17.1. The molecule has 0 spiro atoms. The minimum atomic E-state index is -0.259. The SMILES string of the molecule is CC(C)n1cc(C(=O)c2cc(C(C)(C)C)c(O)c(C(C)(C)C)c2)cc1Br. The van der Waals surface area contributed by atoms with Gasteiger partial charge >= 0.3 is 0 Å². The first-order chi connectivity index (χ1) is 11.7. The molecule has 3 nitrogen and oxygen atoms in total. The number of carbonyl (C=O) groups is 1. The van der Waals surface area contributed by atoms with Gasteiger partial charge in [-0.3, -0.25) is 4.79 Å². The first-order valence-corrected chi connectivity index (χ1v) is 9.83. The minimum absolute atomic E-state index is 0.0268. The zero-order valence-corrected chi connectivity index (χ0v) is 18.7. The van der Waals surface area contributed by atoms with E-state index in [1.165, 1.54) is 0 Å². The number of ketones is 1. The molecule has 0 atom stereocenters. The highest BCUT2D eigenvalue weighted by Crippen LogP contribution is 2.40. The second kappa shape index (κ2) is 6.88. The van der Waals surface area contributed by atoms with Crippen LogP contribution in [-0.2, 0) is 10.8 Å². The van der Waals surface area contributed by atoms with Crippen molar-refractivity contribution in [3.05, 3.63) is 51.3 Å². The minimum Gasteiger partial charge on any atom is -0.507 e.